The maximum Gasteiger partial charge on any atom is 0.223 e. The van der Waals surface area contributed by atoms with Gasteiger partial charge in [0.2, 0.25) is 5.72 Å². The molecular formula is C12H14N8O4. The van der Waals surface area contributed by atoms with Crippen LogP contribution < -0.4 is 5.73 Å². The van der Waals surface area contributed by atoms with E-state index in [4.69, 9.17) is 10.5 Å². The quantitative estimate of drug-likeness (QED) is 0.339. The molecule has 0 unspecified atom stereocenters. The fourth-order valence-corrected chi connectivity index (χ4v) is 2.96. The molecule has 0 aromatic carbocycles. The number of anilines is 1. The predicted molar refractivity (Wildman–Crippen MR) is 77.2 cm³/mol. The molecule has 1 saturated heterocycles. The van der Waals surface area contributed by atoms with Crippen LogP contribution in [-0.2, 0) is 10.5 Å². The number of aliphatic hydroxyl groups is 3. The smallest absolute Gasteiger partial charge is 0.223 e. The molecule has 1 aliphatic heterocycles. The number of aromatic amines is 1. The third-order valence-electron chi connectivity index (χ3n) is 4.12. The van der Waals surface area contributed by atoms with Crippen LogP contribution >= 0.6 is 0 Å². The van der Waals surface area contributed by atoms with Gasteiger partial charge in [0.05, 0.1) is 19.1 Å². The van der Waals surface area contributed by atoms with Gasteiger partial charge >= 0.3 is 0 Å². The number of hydrogen-bond acceptors (Lipinski definition) is 10. The molecule has 0 bridgehead atoms. The van der Waals surface area contributed by atoms with Crippen LogP contribution in [0.15, 0.2) is 18.9 Å². The summed E-state index contributed by atoms with van der Waals surface area (Å²) >= 11 is 0. The first-order chi connectivity index (χ1) is 11.6. The summed E-state index contributed by atoms with van der Waals surface area (Å²) < 4.78 is 7.20. The van der Waals surface area contributed by atoms with Crippen LogP contribution in [0, 0.1) is 0 Å². The van der Waals surface area contributed by atoms with Crippen molar-refractivity contribution in [2.75, 3.05) is 12.3 Å². The number of nitrogens with two attached hydrogens (primary N) is 1. The maximum atomic E-state index is 10.7. The lowest BCUT2D eigenvalue weighted by Crippen LogP contribution is -2.46. The molecule has 4 atom stereocenters. The summed E-state index contributed by atoms with van der Waals surface area (Å²) in [7, 11) is 0. The van der Waals surface area contributed by atoms with Gasteiger partial charge in [-0.3, -0.25) is 9.67 Å². The zero-order valence-electron chi connectivity index (χ0n) is 12.2. The summed E-state index contributed by atoms with van der Waals surface area (Å²) in [5.41, 5.74) is 4.87. The highest BCUT2D eigenvalue weighted by atomic mass is 16.6. The number of aliphatic hydroxyl groups excluding tert-OH is 3. The van der Waals surface area contributed by atoms with Crippen molar-refractivity contribution in [3.05, 3.63) is 24.5 Å². The molecule has 0 amide bonds. The van der Waals surface area contributed by atoms with Gasteiger partial charge in [-0.2, -0.15) is 0 Å². The Kier molecular flexibility index (Phi) is 3.21. The molecule has 4 rings (SSSR count). The minimum absolute atomic E-state index is 0.154. The molecule has 3 aromatic rings. The third-order valence-corrected chi connectivity index (χ3v) is 4.12. The highest BCUT2D eigenvalue weighted by molar-refractivity contribution is 5.81. The number of hydrogen-bond donors (Lipinski definition) is 5. The van der Waals surface area contributed by atoms with E-state index in [0.29, 0.717) is 5.52 Å². The van der Waals surface area contributed by atoms with E-state index in [1.165, 1.54) is 23.4 Å². The molecule has 126 valence electrons. The summed E-state index contributed by atoms with van der Waals surface area (Å²) in [5.74, 6) is 0.154. The number of imidazole rings is 1. The van der Waals surface area contributed by atoms with Crippen molar-refractivity contribution in [2.24, 2.45) is 0 Å². The molecule has 3 aromatic heterocycles. The lowest BCUT2D eigenvalue weighted by Gasteiger charge is -2.31. The lowest BCUT2D eigenvalue weighted by molar-refractivity contribution is -0.118. The third kappa shape index (κ3) is 1.78. The van der Waals surface area contributed by atoms with Gasteiger partial charge in [0.1, 0.15) is 35.8 Å². The van der Waals surface area contributed by atoms with E-state index in [2.05, 4.69) is 30.4 Å². The number of fused-ring (bicyclic) bond motifs is 1. The molecular weight excluding hydrogens is 320 g/mol. The first-order valence-electron chi connectivity index (χ1n) is 7.05. The van der Waals surface area contributed by atoms with E-state index < -0.39 is 30.6 Å². The Morgan fingerprint density at radius 3 is 2.83 bits per heavy atom. The van der Waals surface area contributed by atoms with Crippen LogP contribution in [0.3, 0.4) is 0 Å². The van der Waals surface area contributed by atoms with Crippen molar-refractivity contribution in [2.45, 2.75) is 24.0 Å². The Hall–Kier alpha value is -2.67. The summed E-state index contributed by atoms with van der Waals surface area (Å²) in [5, 5.41) is 40.4. The normalized spacial score (nSPS) is 30.2. The van der Waals surface area contributed by atoms with Crippen molar-refractivity contribution in [1.82, 2.24) is 34.9 Å². The number of rotatable bonds is 3. The topological polar surface area (TPSA) is 181 Å². The number of aromatic nitrogens is 7. The zero-order chi connectivity index (χ0) is 16.9. The van der Waals surface area contributed by atoms with E-state index in [1.807, 2.05) is 0 Å². The summed E-state index contributed by atoms with van der Waals surface area (Å²) in [6, 6.07) is 0. The largest absolute Gasteiger partial charge is 0.394 e. The van der Waals surface area contributed by atoms with Gasteiger partial charge in [0.25, 0.3) is 0 Å². The van der Waals surface area contributed by atoms with Crippen molar-refractivity contribution in [1.29, 1.82) is 0 Å². The first kappa shape index (κ1) is 14.9. The second-order valence-corrected chi connectivity index (χ2v) is 5.38. The maximum absolute atomic E-state index is 10.7. The molecule has 0 spiro atoms. The van der Waals surface area contributed by atoms with Gasteiger partial charge in [0, 0.05) is 0 Å². The van der Waals surface area contributed by atoms with E-state index in [0.717, 1.165) is 0 Å². The molecule has 0 saturated carbocycles. The second-order valence-electron chi connectivity index (χ2n) is 5.38. The lowest BCUT2D eigenvalue weighted by atomic mass is 9.99. The molecule has 24 heavy (non-hydrogen) atoms. The average Bonchev–Trinajstić information content (AvgIpc) is 3.29. The Labute approximate surface area is 133 Å². The van der Waals surface area contributed by atoms with Crippen molar-refractivity contribution in [3.63, 3.8) is 0 Å². The van der Waals surface area contributed by atoms with Crippen molar-refractivity contribution < 1.29 is 20.1 Å². The van der Waals surface area contributed by atoms with Crippen LogP contribution in [-0.4, -0.2) is 75.2 Å². The van der Waals surface area contributed by atoms with Gasteiger partial charge in [-0.25, -0.2) is 15.0 Å². The number of nitrogens with one attached hydrogen (secondary N) is 1. The van der Waals surface area contributed by atoms with Crippen molar-refractivity contribution >= 4 is 17.0 Å². The SMILES string of the molecule is Nc1ncnc2c1ncn2[C@]1(c2c[nH]nn2)O[C@H](CO)[C@@H](O)[C@H]1O. The minimum Gasteiger partial charge on any atom is -0.394 e. The molecule has 6 N–H and O–H groups in total. The summed E-state index contributed by atoms with van der Waals surface area (Å²) in [6.07, 6.45) is 0.143. The second kappa shape index (κ2) is 5.17. The minimum atomic E-state index is -1.69. The van der Waals surface area contributed by atoms with Crippen LogP contribution in [0.1, 0.15) is 5.69 Å². The number of H-pyrrole nitrogens is 1. The molecule has 12 heteroatoms. The van der Waals surface area contributed by atoms with Gasteiger partial charge in [-0.1, -0.05) is 5.21 Å². The fourth-order valence-electron chi connectivity index (χ4n) is 2.96. The predicted octanol–water partition coefficient (Wildman–Crippen LogP) is -2.66. The molecule has 1 fully saturated rings. The van der Waals surface area contributed by atoms with Crippen LogP contribution in [0.25, 0.3) is 11.2 Å². The molecule has 4 heterocycles. The van der Waals surface area contributed by atoms with Crippen LogP contribution in [0.4, 0.5) is 5.82 Å². The summed E-state index contributed by atoms with van der Waals surface area (Å²) in [4.78, 5) is 12.1. The Bertz CT molecular complexity index is 867. The summed E-state index contributed by atoms with van der Waals surface area (Å²) in [6.45, 7) is -0.498. The van der Waals surface area contributed by atoms with Crippen LogP contribution in [0.2, 0.25) is 0 Å². The zero-order valence-corrected chi connectivity index (χ0v) is 12.2. The van der Waals surface area contributed by atoms with E-state index in [9.17, 15) is 15.3 Å². The van der Waals surface area contributed by atoms with E-state index >= 15 is 0 Å². The first-order valence-corrected chi connectivity index (χ1v) is 7.05. The molecule has 12 nitrogen and oxygen atoms in total. The van der Waals surface area contributed by atoms with E-state index in [-0.39, 0.29) is 17.2 Å². The van der Waals surface area contributed by atoms with Crippen molar-refractivity contribution in [3.8, 4) is 0 Å². The van der Waals surface area contributed by atoms with Gasteiger partial charge in [-0.05, 0) is 0 Å². The average molecular weight is 334 g/mol. The van der Waals surface area contributed by atoms with Gasteiger partial charge < -0.3 is 25.8 Å². The highest BCUT2D eigenvalue weighted by Crippen LogP contribution is 2.41. The molecule has 0 aliphatic carbocycles. The number of nitrogen functional groups attached to an aromatic ring is 1. The standard InChI is InChI=1S/C12H14N8O4/c13-10-7-11(15-3-14-10)20(4-16-7)12(6-1-17-19-18-6)9(23)8(22)5(2-21)24-12/h1,3-5,8-9,21-23H,2H2,(H2,13,14,15)(H,17,18,19)/t5-,8-,9-,12-/m1/s1. The molecule has 1 aliphatic rings. The molecule has 0 radical (unpaired) electrons. The number of nitrogens with zero attached hydrogens (tertiary/aromatic N) is 6. The Morgan fingerprint density at radius 2 is 2.17 bits per heavy atom. The van der Waals surface area contributed by atoms with Gasteiger partial charge in [-0.15, -0.1) is 5.10 Å². The fraction of sp³-hybridized carbons (Fsp3) is 0.417. The Morgan fingerprint density at radius 1 is 1.33 bits per heavy atom. The monoisotopic (exact) mass is 334 g/mol. The highest BCUT2D eigenvalue weighted by Gasteiger charge is 2.58. The Balaban J connectivity index is 1.99. The number of ether oxygens (including phenoxy) is 1. The van der Waals surface area contributed by atoms with Gasteiger partial charge in [0.15, 0.2) is 11.5 Å². The van der Waals surface area contributed by atoms with E-state index in [1.54, 1.807) is 0 Å². The van der Waals surface area contributed by atoms with Crippen LogP contribution in [0.5, 0.6) is 0 Å².